The molecule has 0 aliphatic carbocycles. The van der Waals surface area contributed by atoms with Gasteiger partial charge in [-0.3, -0.25) is 4.79 Å². The summed E-state index contributed by atoms with van der Waals surface area (Å²) in [6.07, 6.45) is 5.25. The van der Waals surface area contributed by atoms with Crippen LogP contribution in [0, 0.1) is 13.8 Å². The summed E-state index contributed by atoms with van der Waals surface area (Å²) in [5.41, 5.74) is 4.42. The summed E-state index contributed by atoms with van der Waals surface area (Å²) >= 11 is 0. The maximum Gasteiger partial charge on any atom is 0.244 e. The van der Waals surface area contributed by atoms with Gasteiger partial charge in [0.05, 0.1) is 13.2 Å². The molecular formula is C21H25N3O2. The van der Waals surface area contributed by atoms with Gasteiger partial charge >= 0.3 is 0 Å². The van der Waals surface area contributed by atoms with Crippen LogP contribution in [0.1, 0.15) is 22.3 Å². The van der Waals surface area contributed by atoms with E-state index >= 15 is 0 Å². The highest BCUT2D eigenvalue weighted by Crippen LogP contribution is 2.13. The highest BCUT2D eigenvalue weighted by Gasteiger charge is 2.11. The molecule has 1 fully saturated rings. The summed E-state index contributed by atoms with van der Waals surface area (Å²) in [6, 6.07) is 10.2. The zero-order valence-electron chi connectivity index (χ0n) is 15.4. The molecule has 0 atom stereocenters. The second-order valence-corrected chi connectivity index (χ2v) is 6.54. The minimum absolute atomic E-state index is 0.109. The van der Waals surface area contributed by atoms with E-state index in [9.17, 15) is 4.79 Å². The number of aromatic nitrogens is 1. The number of pyridine rings is 1. The Morgan fingerprint density at radius 1 is 1.23 bits per heavy atom. The molecule has 5 heteroatoms. The minimum Gasteiger partial charge on any atom is -0.378 e. The molecule has 136 valence electrons. The number of nitrogens with zero attached hydrogens (tertiary/aromatic N) is 2. The number of morpholine rings is 1. The predicted octanol–water partition coefficient (Wildman–Crippen LogP) is 2.86. The lowest BCUT2D eigenvalue weighted by atomic mass is 10.1. The van der Waals surface area contributed by atoms with Crippen molar-refractivity contribution in [3.63, 3.8) is 0 Å². The quantitative estimate of drug-likeness (QED) is 0.842. The number of benzene rings is 1. The molecule has 3 rings (SSSR count). The molecule has 1 aliphatic heterocycles. The summed E-state index contributed by atoms with van der Waals surface area (Å²) in [5.74, 6) is 0.848. The molecule has 0 spiro atoms. The fraction of sp³-hybridized carbons (Fsp3) is 0.333. The Labute approximate surface area is 154 Å². The van der Waals surface area contributed by atoms with Crippen molar-refractivity contribution in [2.24, 2.45) is 0 Å². The van der Waals surface area contributed by atoms with Gasteiger partial charge in [-0.1, -0.05) is 29.8 Å². The van der Waals surface area contributed by atoms with Crippen LogP contribution in [-0.2, 0) is 16.1 Å². The van der Waals surface area contributed by atoms with Crippen LogP contribution in [0.15, 0.2) is 42.6 Å². The molecule has 0 saturated carbocycles. The Bertz CT molecular complexity index is 778. The standard InChI is InChI=1S/C21H25N3O2/c1-16-3-5-19(17(2)13-16)6-8-21(25)23-15-18-4-7-20(22-14-18)24-9-11-26-12-10-24/h3-8,13-14H,9-12,15H2,1-2H3,(H,23,25). The van der Waals surface area contributed by atoms with Gasteiger partial charge in [0, 0.05) is 31.9 Å². The van der Waals surface area contributed by atoms with E-state index in [1.807, 2.05) is 43.5 Å². The average Bonchev–Trinajstić information content (AvgIpc) is 2.67. The van der Waals surface area contributed by atoms with Crippen LogP contribution in [-0.4, -0.2) is 37.2 Å². The van der Waals surface area contributed by atoms with E-state index in [1.165, 1.54) is 5.56 Å². The lowest BCUT2D eigenvalue weighted by Crippen LogP contribution is -2.36. The van der Waals surface area contributed by atoms with E-state index in [0.29, 0.717) is 6.54 Å². The van der Waals surface area contributed by atoms with Crippen molar-refractivity contribution >= 4 is 17.8 Å². The topological polar surface area (TPSA) is 54.5 Å². The molecule has 1 aromatic carbocycles. The number of carbonyl (C=O) groups is 1. The average molecular weight is 351 g/mol. The molecule has 0 radical (unpaired) electrons. The van der Waals surface area contributed by atoms with Gasteiger partial charge in [0.25, 0.3) is 0 Å². The van der Waals surface area contributed by atoms with Crippen LogP contribution in [0.4, 0.5) is 5.82 Å². The largest absolute Gasteiger partial charge is 0.378 e. The fourth-order valence-electron chi connectivity index (χ4n) is 2.93. The van der Waals surface area contributed by atoms with Gasteiger partial charge < -0.3 is 15.0 Å². The number of anilines is 1. The minimum atomic E-state index is -0.109. The van der Waals surface area contributed by atoms with Crippen LogP contribution in [0.25, 0.3) is 6.08 Å². The van der Waals surface area contributed by atoms with Crippen molar-refractivity contribution in [3.05, 3.63) is 64.9 Å². The Hall–Kier alpha value is -2.66. The molecule has 5 nitrogen and oxygen atoms in total. The van der Waals surface area contributed by atoms with E-state index in [1.54, 1.807) is 6.08 Å². The molecule has 1 aliphatic rings. The van der Waals surface area contributed by atoms with Crippen LogP contribution in [0.3, 0.4) is 0 Å². The van der Waals surface area contributed by atoms with Gasteiger partial charge in [-0.25, -0.2) is 4.98 Å². The van der Waals surface area contributed by atoms with Crippen molar-refractivity contribution in [1.82, 2.24) is 10.3 Å². The molecule has 1 N–H and O–H groups in total. The third kappa shape index (κ3) is 4.92. The van der Waals surface area contributed by atoms with Crippen molar-refractivity contribution in [1.29, 1.82) is 0 Å². The molecular weight excluding hydrogens is 326 g/mol. The van der Waals surface area contributed by atoms with Gasteiger partial charge in [0.1, 0.15) is 5.82 Å². The Balaban J connectivity index is 1.51. The third-order valence-corrected chi connectivity index (χ3v) is 4.45. The van der Waals surface area contributed by atoms with Crippen LogP contribution >= 0.6 is 0 Å². The van der Waals surface area contributed by atoms with Crippen LogP contribution in [0.5, 0.6) is 0 Å². The molecule has 2 heterocycles. The molecule has 2 aromatic rings. The normalized spacial score (nSPS) is 14.6. The summed E-state index contributed by atoms with van der Waals surface area (Å²) in [7, 11) is 0. The van der Waals surface area contributed by atoms with Gasteiger partial charge in [-0.05, 0) is 42.7 Å². The zero-order chi connectivity index (χ0) is 18.4. The van der Waals surface area contributed by atoms with Crippen molar-refractivity contribution in [2.75, 3.05) is 31.2 Å². The van der Waals surface area contributed by atoms with Crippen molar-refractivity contribution in [3.8, 4) is 0 Å². The monoisotopic (exact) mass is 351 g/mol. The van der Waals surface area contributed by atoms with Gasteiger partial charge in [0.15, 0.2) is 0 Å². The molecule has 26 heavy (non-hydrogen) atoms. The summed E-state index contributed by atoms with van der Waals surface area (Å²) in [6.45, 7) is 7.79. The second kappa shape index (κ2) is 8.63. The lowest BCUT2D eigenvalue weighted by molar-refractivity contribution is -0.116. The first kappa shape index (κ1) is 18.1. The number of nitrogens with one attached hydrogen (secondary N) is 1. The number of hydrogen-bond acceptors (Lipinski definition) is 4. The SMILES string of the molecule is Cc1ccc(C=CC(=O)NCc2ccc(N3CCOCC3)nc2)c(C)c1. The Morgan fingerprint density at radius 3 is 2.73 bits per heavy atom. The molecule has 1 saturated heterocycles. The van der Waals surface area contributed by atoms with E-state index in [0.717, 1.165) is 48.8 Å². The van der Waals surface area contributed by atoms with E-state index in [-0.39, 0.29) is 5.91 Å². The second-order valence-electron chi connectivity index (χ2n) is 6.54. The van der Waals surface area contributed by atoms with Crippen molar-refractivity contribution < 1.29 is 9.53 Å². The number of hydrogen-bond donors (Lipinski definition) is 1. The first-order valence-corrected chi connectivity index (χ1v) is 8.92. The Kier molecular flexibility index (Phi) is 6.02. The first-order valence-electron chi connectivity index (χ1n) is 8.92. The number of amides is 1. The highest BCUT2D eigenvalue weighted by molar-refractivity contribution is 5.91. The summed E-state index contributed by atoms with van der Waals surface area (Å²) in [4.78, 5) is 18.7. The van der Waals surface area contributed by atoms with Gasteiger partial charge in [0.2, 0.25) is 5.91 Å². The van der Waals surface area contributed by atoms with Gasteiger partial charge in [-0.15, -0.1) is 0 Å². The number of rotatable bonds is 5. The van der Waals surface area contributed by atoms with Crippen LogP contribution in [0.2, 0.25) is 0 Å². The zero-order valence-corrected chi connectivity index (χ0v) is 15.4. The fourth-order valence-corrected chi connectivity index (χ4v) is 2.93. The van der Waals surface area contributed by atoms with E-state index < -0.39 is 0 Å². The summed E-state index contributed by atoms with van der Waals surface area (Å²) in [5, 5.41) is 2.90. The molecule has 1 aromatic heterocycles. The van der Waals surface area contributed by atoms with E-state index in [2.05, 4.69) is 28.2 Å². The maximum atomic E-state index is 12.0. The number of aryl methyl sites for hydroxylation is 2. The first-order chi connectivity index (χ1) is 12.6. The maximum absolute atomic E-state index is 12.0. The van der Waals surface area contributed by atoms with Crippen molar-refractivity contribution in [2.45, 2.75) is 20.4 Å². The molecule has 0 unspecified atom stereocenters. The number of ether oxygens (including phenoxy) is 1. The summed E-state index contributed by atoms with van der Waals surface area (Å²) < 4.78 is 5.35. The van der Waals surface area contributed by atoms with Gasteiger partial charge in [-0.2, -0.15) is 0 Å². The predicted molar refractivity (Wildman–Crippen MR) is 104 cm³/mol. The highest BCUT2D eigenvalue weighted by atomic mass is 16.5. The third-order valence-electron chi connectivity index (χ3n) is 4.45. The smallest absolute Gasteiger partial charge is 0.244 e. The van der Waals surface area contributed by atoms with Crippen LogP contribution < -0.4 is 10.2 Å². The molecule has 1 amide bonds. The lowest BCUT2D eigenvalue weighted by Gasteiger charge is -2.27. The number of carbonyl (C=O) groups excluding carboxylic acids is 1. The molecule has 0 bridgehead atoms. The van der Waals surface area contributed by atoms with E-state index in [4.69, 9.17) is 4.74 Å². The Morgan fingerprint density at radius 2 is 2.04 bits per heavy atom.